The maximum absolute atomic E-state index is 13.6. The number of phenols is 3. The summed E-state index contributed by atoms with van der Waals surface area (Å²) in [5.74, 6) is -4.08. The van der Waals surface area contributed by atoms with Gasteiger partial charge in [0.15, 0.2) is 5.82 Å². The first kappa shape index (κ1) is 78.3. The number of halogens is 14. The molecule has 8 aromatic carbocycles. The third-order valence-electron chi connectivity index (χ3n) is 8.91. The van der Waals surface area contributed by atoms with Crippen LogP contribution >= 0.6 is 107 Å². The molecule has 82 heavy (non-hydrogen) atoms. The van der Waals surface area contributed by atoms with Crippen LogP contribution in [0.2, 0.25) is 20.1 Å². The number of fused-ring (bicyclic) bond motifs is 3. The fourth-order valence-corrected chi connectivity index (χ4v) is 7.73. The van der Waals surface area contributed by atoms with Crippen molar-refractivity contribution < 1.29 is 220 Å². The Labute approximate surface area is 637 Å². The number of hydrogen-bond acceptors (Lipinski definition) is 12. The van der Waals surface area contributed by atoms with Crippen LogP contribution < -0.4 is 148 Å². The van der Waals surface area contributed by atoms with Crippen molar-refractivity contribution in [2.24, 2.45) is 4.30 Å². The van der Waals surface area contributed by atoms with Crippen LogP contribution in [-0.2, 0) is 14.5 Å². The summed E-state index contributed by atoms with van der Waals surface area (Å²) in [5.41, 5.74) is 1.68. The van der Waals surface area contributed by atoms with Crippen molar-refractivity contribution in [3.8, 4) is 45.3 Å². The van der Waals surface area contributed by atoms with E-state index in [-0.39, 0.29) is 235 Å². The number of aromatic hydroxyl groups is 3. The first-order valence-corrected chi connectivity index (χ1v) is 25.4. The normalized spacial score (nSPS) is 9.65. The average molecular weight is 1670 g/mol. The number of Topliss-reactive ketones (excluding diaryl/α,β-unsaturated/α-hetero) is 1. The molecule has 30 heteroatoms. The molecule has 0 bridgehead atoms. The molecule has 0 spiro atoms. The summed E-state index contributed by atoms with van der Waals surface area (Å²) in [7, 11) is 4.75. The Hall–Kier alpha value is -1.69. The Morgan fingerprint density at radius 2 is 1.07 bits per heavy atom. The van der Waals surface area contributed by atoms with E-state index in [4.69, 9.17) is 72.4 Å². The van der Waals surface area contributed by atoms with E-state index in [0.29, 0.717) is 32.8 Å². The van der Waals surface area contributed by atoms with Gasteiger partial charge in [0.1, 0.15) is 74.9 Å². The van der Waals surface area contributed by atoms with E-state index in [9.17, 15) is 45.7 Å². The number of benzene rings is 8. The van der Waals surface area contributed by atoms with Gasteiger partial charge in [0.05, 0.1) is 13.4 Å². The molecule has 9 rings (SSSR count). The number of furan rings is 1. The van der Waals surface area contributed by atoms with Crippen molar-refractivity contribution in [2.45, 2.75) is 13.8 Å². The van der Waals surface area contributed by atoms with Crippen molar-refractivity contribution in [3.05, 3.63) is 208 Å². The molecule has 0 saturated carbocycles. The molecule has 4 N–H and O–H groups in total. The second kappa shape index (κ2) is 42.2. The van der Waals surface area contributed by atoms with Crippen LogP contribution in [-0.4, -0.2) is 47.9 Å². The Morgan fingerprint density at radius 3 is 1.55 bits per heavy atom. The van der Waals surface area contributed by atoms with Crippen LogP contribution in [0.4, 0.5) is 30.7 Å². The molecule has 0 atom stereocenters. The van der Waals surface area contributed by atoms with E-state index in [0.717, 1.165) is 53.2 Å². The zero-order chi connectivity index (χ0) is 61.1. The van der Waals surface area contributed by atoms with Crippen LogP contribution in [0, 0.1) is 40.7 Å². The molecule has 11 nitrogen and oxygen atoms in total. The van der Waals surface area contributed by atoms with Crippen LogP contribution in [0.15, 0.2) is 156 Å². The molecule has 0 aliphatic heterocycles. The number of ketones is 1. The molecule has 9 aromatic rings. The minimum atomic E-state index is -0.620. The molecular weight excluding hydrogens is 1630 g/mol. The van der Waals surface area contributed by atoms with Gasteiger partial charge in [0, 0.05) is 60.6 Å². The monoisotopic (exact) mass is 1660 g/mol. The summed E-state index contributed by atoms with van der Waals surface area (Å²) < 4.78 is 112. The molecular formula is C52H35B2Br3Cl4Cs2F7NO10S. The van der Waals surface area contributed by atoms with Crippen molar-refractivity contribution in [1.29, 1.82) is 0 Å². The summed E-state index contributed by atoms with van der Waals surface area (Å²) >= 11 is 35.0. The zero-order valence-electron chi connectivity index (χ0n) is 44.1. The molecule has 0 aliphatic rings. The molecule has 1 heterocycles. The summed E-state index contributed by atoms with van der Waals surface area (Å²) in [6.07, 6.45) is 0. The Morgan fingerprint density at radius 1 is 0.646 bits per heavy atom. The number of phenolic OH excluding ortho intramolecular Hbond substituents is 3. The Balaban J connectivity index is 0. The number of carbonyl (C=O) groups is 2. The second-order valence-corrected chi connectivity index (χ2v) is 19.1. The molecule has 0 unspecified atom stereocenters. The number of thiol groups is 1. The van der Waals surface area contributed by atoms with Crippen molar-refractivity contribution in [2.75, 3.05) is 0 Å². The van der Waals surface area contributed by atoms with Gasteiger partial charge in [-0.3, -0.25) is 4.79 Å². The maximum atomic E-state index is 13.6. The predicted octanol–water partition coefficient (Wildman–Crippen LogP) is 10.9. The molecule has 420 valence electrons. The van der Waals surface area contributed by atoms with Gasteiger partial charge >= 0.3 is 170 Å². The number of nitrogens with zero attached hydrogens (tertiary/aromatic N) is 1. The first-order chi connectivity index (χ1) is 38.2. The van der Waals surface area contributed by atoms with Crippen molar-refractivity contribution in [3.63, 3.8) is 0 Å². The Kier molecular flexibility index (Phi) is 40.3. The fourth-order valence-electron chi connectivity index (χ4n) is 5.80. The van der Waals surface area contributed by atoms with Crippen molar-refractivity contribution >= 4 is 157 Å². The molecule has 2 radical (unpaired) electrons. The van der Waals surface area contributed by atoms with Gasteiger partial charge in [-0.15, -0.1) is 0 Å². The van der Waals surface area contributed by atoms with E-state index in [1.54, 1.807) is 12.1 Å². The van der Waals surface area contributed by atoms with Gasteiger partial charge in [-0.25, -0.2) is 30.7 Å². The van der Waals surface area contributed by atoms with Crippen LogP contribution in [0.25, 0.3) is 44.2 Å². The third-order valence-corrected chi connectivity index (χ3v) is 11.7. The molecule has 0 saturated heterocycles. The van der Waals surface area contributed by atoms with Crippen LogP contribution in [0.1, 0.15) is 16.6 Å². The molecule has 0 fully saturated rings. The molecule has 1 aromatic heterocycles. The number of hydrogen-bond donors (Lipinski definition) is 5. The Bertz CT molecular complexity index is 3600. The average Bonchev–Trinajstić information content (AvgIpc) is 3.37. The summed E-state index contributed by atoms with van der Waals surface area (Å²) in [5, 5.41) is 47.7. The number of carbonyl (C=O) groups excluding carboxylic acids is 2. The topological polar surface area (TPSA) is 182 Å². The minimum Gasteiger partial charge on any atom is -1.00 e. The van der Waals surface area contributed by atoms with Crippen molar-refractivity contribution in [1.82, 2.24) is 0 Å². The smallest absolute Gasteiger partial charge is 1.00 e. The molecule has 0 amide bonds. The second-order valence-electron chi connectivity index (χ2n) is 14.6. The van der Waals surface area contributed by atoms with E-state index >= 15 is 0 Å². The SMILES string of the molecule is Fc1cc(Br)c2oc3cc(Cl)ccc3c2c1.O=CO[O-].O[B]Oc1ccc(Cl)cc1F.Oc1c(Br)cc(F)cc1-c1ccc(Cl)cc1F.Oc1ccc(F)cc1-c1ccc(Cl)cc1F.Oc1ccc(F)cc1Br.[2H]CC(C)=O.[B]=NS.[Cs+].[Cs+].[H-]. The quantitative estimate of drug-likeness (QED) is 0.0278. The van der Waals surface area contributed by atoms with Gasteiger partial charge in [-0.2, -0.15) is 0 Å². The van der Waals surface area contributed by atoms with Crippen LogP contribution in [0.5, 0.6) is 23.0 Å². The standard InChI is InChI=1S/C12H6BrClF2O.C12H5BrClFO.C12H7ClF2O.C6H4BClFO2.C6H4BrFO.C3H6O.CH2O3.BHNS.2Cs.H/c13-10-5-7(15)4-9(12(10)17)8-2-1-6(14)3-11(8)16;13-10-5-7(15)4-9-8-2-1-6(14)3-11(8)16-12(9)10;13-7-1-3-9(11(15)5-7)10-6-8(14)2-4-12(10)16;8-4-1-2-6(11-7-10)5(9)3-4;7-5-3-4(8)1-2-6(5)9;1-3(2)4;2-1-4-3;1-2-3;;;/h1-5,17H;1-5H;1-6,16H;1-3,10H;1-3,9H;1-2H3;1,3H;3H;;;/q;;;;;;;;2*+1;-1/p-1/i;;;;;1D;;;;;. The van der Waals surface area contributed by atoms with E-state index < -0.39 is 29.1 Å². The van der Waals surface area contributed by atoms with E-state index in [2.05, 4.69) is 82.1 Å². The zero-order valence-corrected chi connectivity index (χ0v) is 63.3. The summed E-state index contributed by atoms with van der Waals surface area (Å²) in [6.45, 7) is 1.13. The predicted molar refractivity (Wildman–Crippen MR) is 309 cm³/mol. The largest absolute Gasteiger partial charge is 1.00 e. The summed E-state index contributed by atoms with van der Waals surface area (Å²) in [6, 6.07) is 29.2. The number of rotatable bonds is 5. The first-order valence-electron chi connectivity index (χ1n) is 21.8. The molecule has 0 aliphatic carbocycles. The van der Waals surface area contributed by atoms with Gasteiger partial charge in [0.25, 0.3) is 6.47 Å². The summed E-state index contributed by atoms with van der Waals surface area (Å²) in [4.78, 5) is 20.9. The van der Waals surface area contributed by atoms with Crippen LogP contribution in [0.3, 0.4) is 0 Å². The van der Waals surface area contributed by atoms with Gasteiger partial charge in [-0.1, -0.05) is 46.4 Å². The van der Waals surface area contributed by atoms with E-state index in [1.165, 1.54) is 79.7 Å². The minimum absolute atomic E-state index is 0. The third kappa shape index (κ3) is 28.4. The van der Waals surface area contributed by atoms with Gasteiger partial charge in [0.2, 0.25) is 0 Å². The van der Waals surface area contributed by atoms with Gasteiger partial charge < -0.3 is 45.8 Å². The van der Waals surface area contributed by atoms with Gasteiger partial charge in [-0.05, 0) is 189 Å². The van der Waals surface area contributed by atoms with E-state index in [1.807, 2.05) is 6.07 Å². The fraction of sp³-hybridized carbons (Fsp3) is 0.0385. The maximum Gasteiger partial charge on any atom is 1.00 e.